The largest absolute Gasteiger partial charge is 0.508 e. The molecule has 0 radical (unpaired) electrons. The van der Waals surface area contributed by atoms with E-state index in [0.29, 0.717) is 6.54 Å². The van der Waals surface area contributed by atoms with Gasteiger partial charge in [0.2, 0.25) is 0 Å². The van der Waals surface area contributed by atoms with Crippen molar-refractivity contribution in [3.05, 3.63) is 27.7 Å². The Morgan fingerprint density at radius 3 is 2.73 bits per heavy atom. The number of halogens is 1. The summed E-state index contributed by atoms with van der Waals surface area (Å²) in [4.78, 5) is 0. The van der Waals surface area contributed by atoms with Crippen LogP contribution in [0, 0.1) is 6.92 Å². The lowest BCUT2D eigenvalue weighted by Gasteiger charge is -2.04. The third-order valence-electron chi connectivity index (χ3n) is 1.58. The molecule has 0 amide bonds. The van der Waals surface area contributed by atoms with Crippen LogP contribution in [0.5, 0.6) is 5.75 Å². The minimum Gasteiger partial charge on any atom is -0.508 e. The summed E-state index contributed by atoms with van der Waals surface area (Å²) in [5, 5.41) is 9.31. The van der Waals surface area contributed by atoms with E-state index in [1.165, 1.54) is 0 Å². The Bertz CT molecular complexity index is 273. The number of nitrogens with two attached hydrogens (primary N) is 1. The molecule has 0 atom stereocenters. The number of aromatic hydroxyl groups is 1. The van der Waals surface area contributed by atoms with Gasteiger partial charge in [-0.25, -0.2) is 0 Å². The lowest BCUT2D eigenvalue weighted by atomic mass is 10.1. The molecule has 0 saturated heterocycles. The van der Waals surface area contributed by atoms with E-state index in [-0.39, 0.29) is 5.75 Å². The fourth-order valence-electron chi connectivity index (χ4n) is 0.894. The minimum atomic E-state index is 0.255. The summed E-state index contributed by atoms with van der Waals surface area (Å²) in [6, 6.07) is 3.54. The highest BCUT2D eigenvalue weighted by molar-refractivity contribution is 9.10. The van der Waals surface area contributed by atoms with Gasteiger partial charge in [-0.3, -0.25) is 0 Å². The van der Waals surface area contributed by atoms with E-state index in [0.717, 1.165) is 15.6 Å². The molecule has 0 fully saturated rings. The van der Waals surface area contributed by atoms with Gasteiger partial charge >= 0.3 is 0 Å². The van der Waals surface area contributed by atoms with E-state index < -0.39 is 0 Å². The molecule has 3 N–H and O–H groups in total. The first-order chi connectivity index (χ1) is 5.15. The van der Waals surface area contributed by atoms with Gasteiger partial charge in [-0.1, -0.05) is 15.9 Å². The summed E-state index contributed by atoms with van der Waals surface area (Å²) in [6.45, 7) is 2.34. The quantitative estimate of drug-likeness (QED) is 0.753. The van der Waals surface area contributed by atoms with Crippen molar-refractivity contribution < 1.29 is 5.11 Å². The van der Waals surface area contributed by atoms with Gasteiger partial charge in [0, 0.05) is 16.6 Å². The molecule has 1 rings (SSSR count). The van der Waals surface area contributed by atoms with Gasteiger partial charge < -0.3 is 10.8 Å². The third kappa shape index (κ3) is 1.73. The molecule has 2 nitrogen and oxygen atoms in total. The van der Waals surface area contributed by atoms with Crippen molar-refractivity contribution in [2.75, 3.05) is 0 Å². The monoisotopic (exact) mass is 215 g/mol. The van der Waals surface area contributed by atoms with Crippen LogP contribution in [0.3, 0.4) is 0 Å². The molecular weight excluding hydrogens is 206 g/mol. The molecule has 60 valence electrons. The highest BCUT2D eigenvalue weighted by Crippen LogP contribution is 2.25. The Labute approximate surface area is 74.2 Å². The van der Waals surface area contributed by atoms with Crippen molar-refractivity contribution in [1.29, 1.82) is 0 Å². The lowest BCUT2D eigenvalue weighted by molar-refractivity contribution is 0.468. The second-order valence-corrected chi connectivity index (χ2v) is 3.29. The molecule has 0 saturated carbocycles. The summed E-state index contributed by atoms with van der Waals surface area (Å²) < 4.78 is 0.909. The van der Waals surface area contributed by atoms with Crippen LogP contribution in [0.25, 0.3) is 0 Å². The molecule has 3 heteroatoms. The van der Waals surface area contributed by atoms with Crippen LogP contribution in [0.4, 0.5) is 0 Å². The van der Waals surface area contributed by atoms with Gasteiger partial charge in [0.25, 0.3) is 0 Å². The topological polar surface area (TPSA) is 46.2 Å². The first kappa shape index (κ1) is 8.56. The fourth-order valence-corrected chi connectivity index (χ4v) is 1.23. The molecular formula is C8H10BrNO. The van der Waals surface area contributed by atoms with Gasteiger partial charge in [0.15, 0.2) is 0 Å². The molecule has 0 heterocycles. The van der Waals surface area contributed by atoms with Crippen molar-refractivity contribution in [3.8, 4) is 5.75 Å². The van der Waals surface area contributed by atoms with Crippen LogP contribution in [0.1, 0.15) is 11.1 Å². The van der Waals surface area contributed by atoms with E-state index in [4.69, 9.17) is 5.73 Å². The smallest absolute Gasteiger partial charge is 0.121 e. The fraction of sp³-hybridized carbons (Fsp3) is 0.250. The van der Waals surface area contributed by atoms with Gasteiger partial charge in [-0.15, -0.1) is 0 Å². The maximum atomic E-state index is 9.31. The first-order valence-electron chi connectivity index (χ1n) is 3.33. The third-order valence-corrected chi connectivity index (χ3v) is 2.43. The normalized spacial score (nSPS) is 10.1. The standard InChI is InChI=1S/C8H10BrNO/c1-5-2-6(4-10)8(11)3-7(5)9/h2-3,11H,4,10H2,1H3. The van der Waals surface area contributed by atoms with Crippen LogP contribution < -0.4 is 5.73 Å². The number of rotatable bonds is 1. The van der Waals surface area contributed by atoms with Crippen molar-refractivity contribution >= 4 is 15.9 Å². The molecule has 11 heavy (non-hydrogen) atoms. The van der Waals surface area contributed by atoms with Crippen molar-refractivity contribution in [3.63, 3.8) is 0 Å². The number of phenols is 1. The first-order valence-corrected chi connectivity index (χ1v) is 4.12. The number of hydrogen-bond donors (Lipinski definition) is 2. The van der Waals surface area contributed by atoms with Crippen molar-refractivity contribution in [2.45, 2.75) is 13.5 Å². The zero-order valence-electron chi connectivity index (χ0n) is 6.26. The average Bonchev–Trinajstić information content (AvgIpc) is 1.97. The Balaban J connectivity index is 3.21. The number of hydrogen-bond acceptors (Lipinski definition) is 2. The second kappa shape index (κ2) is 3.24. The molecule has 1 aromatic rings. The number of aryl methyl sites for hydroxylation is 1. The molecule has 1 aromatic carbocycles. The number of phenolic OH excluding ortho intramolecular Hbond substituents is 1. The Morgan fingerprint density at radius 1 is 1.55 bits per heavy atom. The molecule has 0 unspecified atom stereocenters. The summed E-state index contributed by atoms with van der Waals surface area (Å²) in [7, 11) is 0. The molecule has 0 aromatic heterocycles. The highest BCUT2D eigenvalue weighted by atomic mass is 79.9. The zero-order valence-corrected chi connectivity index (χ0v) is 7.85. The lowest BCUT2D eigenvalue weighted by Crippen LogP contribution is -1.97. The Morgan fingerprint density at radius 2 is 2.18 bits per heavy atom. The predicted octanol–water partition coefficient (Wildman–Crippen LogP) is 1.92. The van der Waals surface area contributed by atoms with E-state index in [9.17, 15) is 5.11 Å². The molecule has 0 bridgehead atoms. The van der Waals surface area contributed by atoms with Gasteiger partial charge in [0.05, 0.1) is 0 Å². The van der Waals surface area contributed by atoms with Crippen molar-refractivity contribution in [1.82, 2.24) is 0 Å². The van der Waals surface area contributed by atoms with E-state index in [2.05, 4.69) is 15.9 Å². The van der Waals surface area contributed by atoms with Crippen LogP contribution in [0.15, 0.2) is 16.6 Å². The maximum absolute atomic E-state index is 9.31. The molecule has 0 spiro atoms. The van der Waals surface area contributed by atoms with Gasteiger partial charge in [-0.2, -0.15) is 0 Å². The number of benzene rings is 1. The highest BCUT2D eigenvalue weighted by Gasteiger charge is 2.02. The van der Waals surface area contributed by atoms with Crippen LogP contribution >= 0.6 is 15.9 Å². The summed E-state index contributed by atoms with van der Waals surface area (Å²) >= 11 is 3.31. The van der Waals surface area contributed by atoms with E-state index in [1.807, 2.05) is 13.0 Å². The van der Waals surface area contributed by atoms with Crippen LogP contribution in [-0.2, 0) is 6.54 Å². The minimum absolute atomic E-state index is 0.255. The van der Waals surface area contributed by atoms with E-state index in [1.54, 1.807) is 6.07 Å². The Kier molecular flexibility index (Phi) is 2.52. The molecule has 0 aliphatic carbocycles. The molecule has 0 aliphatic heterocycles. The SMILES string of the molecule is Cc1cc(CN)c(O)cc1Br. The van der Waals surface area contributed by atoms with E-state index >= 15 is 0 Å². The Hall–Kier alpha value is -0.540. The second-order valence-electron chi connectivity index (χ2n) is 2.43. The van der Waals surface area contributed by atoms with Gasteiger partial charge in [0.1, 0.15) is 5.75 Å². The molecule has 0 aliphatic rings. The van der Waals surface area contributed by atoms with Crippen molar-refractivity contribution in [2.24, 2.45) is 5.73 Å². The van der Waals surface area contributed by atoms with Gasteiger partial charge in [-0.05, 0) is 24.6 Å². The van der Waals surface area contributed by atoms with Crippen LogP contribution in [-0.4, -0.2) is 5.11 Å². The zero-order chi connectivity index (χ0) is 8.43. The maximum Gasteiger partial charge on any atom is 0.121 e. The predicted molar refractivity (Wildman–Crippen MR) is 48.4 cm³/mol. The summed E-state index contributed by atoms with van der Waals surface area (Å²) in [5.74, 6) is 0.255. The van der Waals surface area contributed by atoms with Crippen LogP contribution in [0.2, 0.25) is 0 Å². The summed E-state index contributed by atoms with van der Waals surface area (Å²) in [6.07, 6.45) is 0. The summed E-state index contributed by atoms with van der Waals surface area (Å²) in [5.41, 5.74) is 7.26. The average molecular weight is 216 g/mol.